The van der Waals surface area contributed by atoms with Gasteiger partial charge >= 0.3 is 0 Å². The molecule has 156 valence electrons. The van der Waals surface area contributed by atoms with Crippen LogP contribution in [0.25, 0.3) is 17.1 Å². The van der Waals surface area contributed by atoms with Crippen LogP contribution in [-0.4, -0.2) is 20.7 Å². The van der Waals surface area contributed by atoms with E-state index in [4.69, 9.17) is 11.6 Å². The molecule has 0 atom stereocenters. The van der Waals surface area contributed by atoms with Gasteiger partial charge < -0.3 is 5.32 Å². The zero-order valence-electron chi connectivity index (χ0n) is 17.0. The van der Waals surface area contributed by atoms with Crippen LogP contribution in [0.5, 0.6) is 0 Å². The summed E-state index contributed by atoms with van der Waals surface area (Å²) >= 11 is 9.68. The molecule has 7 heteroatoms. The third kappa shape index (κ3) is 4.70. The van der Waals surface area contributed by atoms with Gasteiger partial charge in [-0.2, -0.15) is 0 Å². The van der Waals surface area contributed by atoms with Crippen molar-refractivity contribution in [2.45, 2.75) is 19.8 Å². The van der Waals surface area contributed by atoms with Crippen LogP contribution < -0.4 is 5.32 Å². The summed E-state index contributed by atoms with van der Waals surface area (Å²) in [5.41, 5.74) is 3.34. The van der Waals surface area contributed by atoms with Gasteiger partial charge in [-0.05, 0) is 53.9 Å². The number of amides is 1. The number of carbonyl (C=O) groups excluding carboxylic acids is 1. The SMILES string of the molecule is CC(C)c1cc(Br)ccc1NC(=O)c1nc(-c2cccc(Cl)c2)n(-c2ccccc2)n1. The minimum absolute atomic E-state index is 0.0800. The second-order valence-electron chi connectivity index (χ2n) is 7.36. The fourth-order valence-electron chi connectivity index (χ4n) is 3.28. The van der Waals surface area contributed by atoms with Crippen molar-refractivity contribution in [1.29, 1.82) is 0 Å². The molecule has 0 spiro atoms. The van der Waals surface area contributed by atoms with Crippen LogP contribution in [0.1, 0.15) is 35.9 Å². The molecule has 0 saturated heterocycles. The average molecular weight is 496 g/mol. The lowest BCUT2D eigenvalue weighted by Gasteiger charge is -2.13. The molecule has 4 rings (SSSR count). The van der Waals surface area contributed by atoms with Gasteiger partial charge in [-0.15, -0.1) is 5.10 Å². The Kier molecular flexibility index (Phi) is 6.20. The van der Waals surface area contributed by atoms with Crippen molar-refractivity contribution in [1.82, 2.24) is 14.8 Å². The monoisotopic (exact) mass is 494 g/mol. The Balaban J connectivity index is 1.75. The standard InChI is InChI=1S/C24H20BrClN4O/c1-15(2)20-14-17(25)11-12-21(20)27-24(31)22-28-23(16-7-6-8-18(26)13-16)30(29-22)19-9-4-3-5-10-19/h3-15H,1-2H3,(H,27,31). The number of hydrogen-bond acceptors (Lipinski definition) is 3. The first-order valence-corrected chi connectivity index (χ1v) is 11.0. The molecule has 0 radical (unpaired) electrons. The molecule has 1 aromatic heterocycles. The summed E-state index contributed by atoms with van der Waals surface area (Å²) in [5, 5.41) is 8.07. The van der Waals surface area contributed by atoms with Gasteiger partial charge in [-0.1, -0.05) is 71.7 Å². The third-order valence-electron chi connectivity index (χ3n) is 4.78. The molecule has 0 aliphatic heterocycles. The molecule has 0 unspecified atom stereocenters. The van der Waals surface area contributed by atoms with E-state index in [2.05, 4.69) is 45.2 Å². The first-order valence-electron chi connectivity index (χ1n) is 9.81. The van der Waals surface area contributed by atoms with Crippen molar-refractivity contribution in [3.63, 3.8) is 0 Å². The highest BCUT2D eigenvalue weighted by molar-refractivity contribution is 9.10. The molecular weight excluding hydrogens is 476 g/mol. The minimum Gasteiger partial charge on any atom is -0.319 e. The number of para-hydroxylation sites is 1. The number of rotatable bonds is 5. The van der Waals surface area contributed by atoms with E-state index in [-0.39, 0.29) is 17.6 Å². The lowest BCUT2D eigenvalue weighted by molar-refractivity contribution is 0.101. The van der Waals surface area contributed by atoms with E-state index < -0.39 is 0 Å². The Labute approximate surface area is 194 Å². The summed E-state index contributed by atoms with van der Waals surface area (Å²) < 4.78 is 2.62. The Morgan fingerprint density at radius 1 is 1.03 bits per heavy atom. The van der Waals surface area contributed by atoms with E-state index in [0.29, 0.717) is 10.8 Å². The van der Waals surface area contributed by atoms with Gasteiger partial charge in [-0.3, -0.25) is 4.79 Å². The summed E-state index contributed by atoms with van der Waals surface area (Å²) in [6, 6.07) is 22.7. The molecule has 1 amide bonds. The molecule has 1 N–H and O–H groups in total. The van der Waals surface area contributed by atoms with Gasteiger partial charge in [-0.25, -0.2) is 9.67 Å². The number of carbonyl (C=O) groups is 1. The van der Waals surface area contributed by atoms with Gasteiger partial charge in [0, 0.05) is 20.7 Å². The highest BCUT2D eigenvalue weighted by Crippen LogP contribution is 2.29. The van der Waals surface area contributed by atoms with E-state index >= 15 is 0 Å². The Morgan fingerprint density at radius 3 is 2.52 bits per heavy atom. The lowest BCUT2D eigenvalue weighted by atomic mass is 10.0. The normalized spacial score (nSPS) is 11.0. The van der Waals surface area contributed by atoms with E-state index in [9.17, 15) is 4.79 Å². The molecule has 31 heavy (non-hydrogen) atoms. The average Bonchev–Trinajstić information content (AvgIpc) is 3.21. The van der Waals surface area contributed by atoms with Crippen molar-refractivity contribution in [2.24, 2.45) is 0 Å². The number of nitrogens with zero attached hydrogens (tertiary/aromatic N) is 3. The molecule has 0 bridgehead atoms. The highest BCUT2D eigenvalue weighted by atomic mass is 79.9. The smallest absolute Gasteiger partial charge is 0.295 e. The van der Waals surface area contributed by atoms with Crippen LogP contribution in [-0.2, 0) is 0 Å². The van der Waals surface area contributed by atoms with Crippen molar-refractivity contribution in [3.05, 3.63) is 93.7 Å². The van der Waals surface area contributed by atoms with E-state index in [1.807, 2.05) is 60.7 Å². The highest BCUT2D eigenvalue weighted by Gasteiger charge is 2.20. The van der Waals surface area contributed by atoms with Crippen LogP contribution in [0.4, 0.5) is 5.69 Å². The molecule has 4 aromatic rings. The first-order chi connectivity index (χ1) is 14.9. The summed E-state index contributed by atoms with van der Waals surface area (Å²) in [5.74, 6) is 0.488. The second-order valence-corrected chi connectivity index (χ2v) is 8.71. The zero-order valence-corrected chi connectivity index (χ0v) is 19.4. The number of nitrogens with one attached hydrogen (secondary N) is 1. The Bertz CT molecular complexity index is 1240. The fraction of sp³-hybridized carbons (Fsp3) is 0.125. The molecule has 0 saturated carbocycles. The minimum atomic E-state index is -0.373. The number of halogens is 2. The van der Waals surface area contributed by atoms with E-state index in [1.165, 1.54) is 0 Å². The van der Waals surface area contributed by atoms with Gasteiger partial charge in [0.2, 0.25) is 5.82 Å². The van der Waals surface area contributed by atoms with Crippen LogP contribution >= 0.6 is 27.5 Å². The number of anilines is 1. The summed E-state index contributed by atoms with van der Waals surface area (Å²) in [7, 11) is 0. The number of hydrogen-bond donors (Lipinski definition) is 1. The van der Waals surface area contributed by atoms with Crippen LogP contribution in [0.3, 0.4) is 0 Å². The van der Waals surface area contributed by atoms with Gasteiger partial charge in [0.05, 0.1) is 5.69 Å². The largest absolute Gasteiger partial charge is 0.319 e. The number of benzene rings is 3. The zero-order chi connectivity index (χ0) is 22.0. The Hall–Kier alpha value is -2.96. The fourth-order valence-corrected chi connectivity index (χ4v) is 3.84. The topological polar surface area (TPSA) is 59.8 Å². The van der Waals surface area contributed by atoms with Crippen LogP contribution in [0, 0.1) is 0 Å². The van der Waals surface area contributed by atoms with Crippen LogP contribution in [0.15, 0.2) is 77.3 Å². The first kappa shape index (κ1) is 21.3. The molecular formula is C24H20BrClN4O. The van der Waals surface area contributed by atoms with Crippen molar-refractivity contribution >= 4 is 39.1 Å². The maximum atomic E-state index is 13.1. The lowest BCUT2D eigenvalue weighted by Crippen LogP contribution is -2.16. The van der Waals surface area contributed by atoms with Crippen LogP contribution in [0.2, 0.25) is 5.02 Å². The predicted octanol–water partition coefficient (Wildman–Crippen LogP) is 6.73. The van der Waals surface area contributed by atoms with E-state index in [0.717, 1.165) is 27.0 Å². The maximum absolute atomic E-state index is 13.1. The van der Waals surface area contributed by atoms with Gasteiger partial charge in [0.1, 0.15) is 0 Å². The molecule has 0 fully saturated rings. The molecule has 0 aliphatic carbocycles. The van der Waals surface area contributed by atoms with Gasteiger partial charge in [0.25, 0.3) is 5.91 Å². The summed E-state index contributed by atoms with van der Waals surface area (Å²) in [6.07, 6.45) is 0. The second kappa shape index (κ2) is 9.04. The van der Waals surface area contributed by atoms with E-state index in [1.54, 1.807) is 16.8 Å². The Morgan fingerprint density at radius 2 is 1.81 bits per heavy atom. The predicted molar refractivity (Wildman–Crippen MR) is 128 cm³/mol. The summed E-state index contributed by atoms with van der Waals surface area (Å²) in [4.78, 5) is 17.6. The molecule has 5 nitrogen and oxygen atoms in total. The quantitative estimate of drug-likeness (QED) is 0.334. The molecule has 0 aliphatic rings. The maximum Gasteiger partial charge on any atom is 0.295 e. The van der Waals surface area contributed by atoms with Crippen molar-refractivity contribution in [2.75, 3.05) is 5.32 Å². The van der Waals surface area contributed by atoms with Gasteiger partial charge in [0.15, 0.2) is 5.82 Å². The summed E-state index contributed by atoms with van der Waals surface area (Å²) in [6.45, 7) is 4.16. The number of aromatic nitrogens is 3. The molecule has 1 heterocycles. The van der Waals surface area contributed by atoms with Crippen molar-refractivity contribution in [3.8, 4) is 17.1 Å². The molecule has 3 aromatic carbocycles. The third-order valence-corrected chi connectivity index (χ3v) is 5.51. The van der Waals surface area contributed by atoms with Crippen molar-refractivity contribution < 1.29 is 4.79 Å².